The van der Waals surface area contributed by atoms with Crippen LogP contribution in [0.2, 0.25) is 10.0 Å². The molecule has 1 aromatic carbocycles. The third-order valence-electron chi connectivity index (χ3n) is 1.78. The van der Waals surface area contributed by atoms with Crippen LogP contribution in [0.1, 0.15) is 0 Å². The Kier molecular flexibility index (Phi) is 3.75. The molecule has 1 aromatic rings. The lowest BCUT2D eigenvalue weighted by molar-refractivity contribution is -0.117. The smallest absolute Gasteiger partial charge is 0.240 e. The number of rotatable bonds is 2. The largest absolute Gasteiger partial charge is 0.322 e. The second kappa shape index (κ2) is 4.64. The van der Waals surface area contributed by atoms with Crippen molar-refractivity contribution in [3.8, 4) is 0 Å². The highest BCUT2D eigenvalue weighted by Crippen LogP contribution is 2.24. The summed E-state index contributed by atoms with van der Waals surface area (Å²) >= 11 is 11.6. The highest BCUT2D eigenvalue weighted by Gasteiger charge is 2.09. The van der Waals surface area contributed by atoms with Gasteiger partial charge in [-0.05, 0) is 18.2 Å². The van der Waals surface area contributed by atoms with E-state index in [0.29, 0.717) is 15.7 Å². The van der Waals surface area contributed by atoms with Crippen molar-refractivity contribution in [3.05, 3.63) is 28.2 Å². The number of amides is 1. The van der Waals surface area contributed by atoms with Crippen molar-refractivity contribution in [1.82, 2.24) is 0 Å². The Balaban J connectivity index is 3.00. The van der Waals surface area contributed by atoms with Crippen molar-refractivity contribution in [3.63, 3.8) is 0 Å². The maximum atomic E-state index is 11.2. The summed E-state index contributed by atoms with van der Waals surface area (Å²) in [5.41, 5.74) is 5.87. The number of carbonyl (C=O) groups excluding carboxylic acids is 1. The monoisotopic (exact) mass is 232 g/mol. The predicted octanol–water partition coefficient (Wildman–Crippen LogP) is 1.91. The first kappa shape index (κ1) is 11.3. The average Bonchev–Trinajstić information content (AvgIpc) is 2.14. The molecule has 3 nitrogen and oxygen atoms in total. The van der Waals surface area contributed by atoms with Crippen molar-refractivity contribution in [1.29, 1.82) is 0 Å². The Morgan fingerprint density at radius 1 is 1.36 bits per heavy atom. The first-order valence-corrected chi connectivity index (χ1v) is 4.73. The Bertz CT molecular complexity index is 334. The molecule has 14 heavy (non-hydrogen) atoms. The number of anilines is 1. The molecule has 5 heteroatoms. The number of hydrogen-bond acceptors (Lipinski definition) is 2. The van der Waals surface area contributed by atoms with E-state index in [-0.39, 0.29) is 12.5 Å². The minimum atomic E-state index is -0.191. The van der Waals surface area contributed by atoms with Gasteiger partial charge >= 0.3 is 0 Å². The van der Waals surface area contributed by atoms with E-state index in [2.05, 4.69) is 0 Å². The second-order valence-corrected chi connectivity index (χ2v) is 3.66. The minimum absolute atomic E-state index is 0.0410. The third kappa shape index (κ3) is 2.61. The predicted molar refractivity (Wildman–Crippen MR) is 58.9 cm³/mol. The molecular weight excluding hydrogens is 223 g/mol. The number of hydrogen-bond donors (Lipinski definition) is 1. The molecule has 0 aliphatic heterocycles. The highest BCUT2D eigenvalue weighted by molar-refractivity contribution is 6.35. The number of nitrogens with zero attached hydrogens (tertiary/aromatic N) is 1. The van der Waals surface area contributed by atoms with E-state index in [1.165, 1.54) is 4.90 Å². The molecule has 0 saturated heterocycles. The molecule has 1 amide bonds. The maximum absolute atomic E-state index is 11.2. The fourth-order valence-corrected chi connectivity index (χ4v) is 1.53. The number of nitrogens with two attached hydrogens (primary N) is 1. The van der Waals surface area contributed by atoms with Gasteiger partial charge in [0.25, 0.3) is 0 Å². The van der Waals surface area contributed by atoms with Crippen LogP contribution in [0.4, 0.5) is 5.69 Å². The summed E-state index contributed by atoms with van der Waals surface area (Å²) in [7, 11) is 1.62. The van der Waals surface area contributed by atoms with Crippen LogP contribution in [0, 0.1) is 0 Å². The van der Waals surface area contributed by atoms with Gasteiger partial charge in [0, 0.05) is 22.8 Å². The van der Waals surface area contributed by atoms with Gasteiger partial charge < -0.3 is 10.6 Å². The lowest BCUT2D eigenvalue weighted by Crippen LogP contribution is -2.32. The summed E-state index contributed by atoms with van der Waals surface area (Å²) in [5, 5.41) is 0.980. The Labute approximate surface area is 92.4 Å². The molecular formula is C9H10Cl2N2O. The number of benzene rings is 1. The van der Waals surface area contributed by atoms with Crippen molar-refractivity contribution in [2.75, 3.05) is 18.5 Å². The molecule has 1 rings (SSSR count). The third-order valence-corrected chi connectivity index (χ3v) is 2.22. The molecule has 0 atom stereocenters. The molecule has 0 aromatic heterocycles. The number of likely N-dealkylation sites (N-methyl/N-ethyl adjacent to an activating group) is 1. The molecule has 0 aliphatic carbocycles. The summed E-state index contributed by atoms with van der Waals surface area (Å²) < 4.78 is 0. The van der Waals surface area contributed by atoms with Crippen LogP contribution in [-0.2, 0) is 4.79 Å². The van der Waals surface area contributed by atoms with Crippen molar-refractivity contribution in [2.45, 2.75) is 0 Å². The fraction of sp³-hybridized carbons (Fsp3) is 0.222. The lowest BCUT2D eigenvalue weighted by atomic mass is 10.3. The van der Waals surface area contributed by atoms with Crippen LogP contribution in [-0.4, -0.2) is 19.5 Å². The van der Waals surface area contributed by atoms with Crippen LogP contribution < -0.4 is 10.6 Å². The average molecular weight is 233 g/mol. The van der Waals surface area contributed by atoms with Gasteiger partial charge in [-0.1, -0.05) is 23.2 Å². The van der Waals surface area contributed by atoms with Gasteiger partial charge in [0.15, 0.2) is 0 Å². The van der Waals surface area contributed by atoms with Crippen molar-refractivity contribution in [2.24, 2.45) is 5.73 Å². The van der Waals surface area contributed by atoms with Crippen LogP contribution in [0.15, 0.2) is 18.2 Å². The zero-order chi connectivity index (χ0) is 10.7. The van der Waals surface area contributed by atoms with E-state index < -0.39 is 0 Å². The molecule has 2 N–H and O–H groups in total. The number of halogens is 2. The van der Waals surface area contributed by atoms with Crippen LogP contribution in [0.5, 0.6) is 0 Å². The standard InChI is InChI=1S/C9H10Cl2N2O/c1-13(9(14)5-12)8-3-6(10)2-7(11)4-8/h2-4H,5,12H2,1H3. The molecule has 0 unspecified atom stereocenters. The molecule has 0 heterocycles. The summed E-state index contributed by atoms with van der Waals surface area (Å²) in [6, 6.07) is 4.91. The first-order valence-electron chi connectivity index (χ1n) is 3.97. The fourth-order valence-electron chi connectivity index (χ4n) is 1.01. The SMILES string of the molecule is CN(C(=O)CN)c1cc(Cl)cc(Cl)c1. The van der Waals surface area contributed by atoms with E-state index in [4.69, 9.17) is 28.9 Å². The van der Waals surface area contributed by atoms with Crippen molar-refractivity contribution < 1.29 is 4.79 Å². The van der Waals surface area contributed by atoms with E-state index in [1.807, 2.05) is 0 Å². The molecule has 0 aliphatic rings. The normalized spacial score (nSPS) is 10.0. The quantitative estimate of drug-likeness (QED) is 0.848. The topological polar surface area (TPSA) is 46.3 Å². The summed E-state index contributed by atoms with van der Waals surface area (Å²) in [6.07, 6.45) is 0. The van der Waals surface area contributed by atoms with Gasteiger partial charge in [0.1, 0.15) is 0 Å². The van der Waals surface area contributed by atoms with Gasteiger partial charge in [-0.15, -0.1) is 0 Å². The Morgan fingerprint density at radius 2 is 1.86 bits per heavy atom. The van der Waals surface area contributed by atoms with Crippen LogP contribution >= 0.6 is 23.2 Å². The maximum Gasteiger partial charge on any atom is 0.240 e. The van der Waals surface area contributed by atoms with Crippen LogP contribution in [0.25, 0.3) is 0 Å². The lowest BCUT2D eigenvalue weighted by Gasteiger charge is -2.16. The molecule has 0 saturated carbocycles. The Morgan fingerprint density at radius 3 is 2.29 bits per heavy atom. The van der Waals surface area contributed by atoms with Gasteiger partial charge in [0.2, 0.25) is 5.91 Å². The second-order valence-electron chi connectivity index (χ2n) is 2.78. The molecule has 0 radical (unpaired) electrons. The van der Waals surface area contributed by atoms with Gasteiger partial charge in [-0.25, -0.2) is 0 Å². The zero-order valence-corrected chi connectivity index (χ0v) is 9.14. The summed E-state index contributed by atoms with van der Waals surface area (Å²) in [5.74, 6) is -0.191. The molecule has 0 bridgehead atoms. The van der Waals surface area contributed by atoms with Crippen molar-refractivity contribution >= 4 is 34.8 Å². The van der Waals surface area contributed by atoms with E-state index >= 15 is 0 Å². The highest BCUT2D eigenvalue weighted by atomic mass is 35.5. The van der Waals surface area contributed by atoms with Crippen LogP contribution in [0.3, 0.4) is 0 Å². The molecule has 0 fully saturated rings. The minimum Gasteiger partial charge on any atom is -0.322 e. The number of carbonyl (C=O) groups is 1. The van der Waals surface area contributed by atoms with E-state index in [0.717, 1.165) is 0 Å². The van der Waals surface area contributed by atoms with E-state index in [1.54, 1.807) is 25.2 Å². The van der Waals surface area contributed by atoms with Gasteiger partial charge in [0.05, 0.1) is 6.54 Å². The first-order chi connectivity index (χ1) is 6.54. The zero-order valence-electron chi connectivity index (χ0n) is 7.63. The van der Waals surface area contributed by atoms with E-state index in [9.17, 15) is 4.79 Å². The molecule has 76 valence electrons. The van der Waals surface area contributed by atoms with Gasteiger partial charge in [-0.3, -0.25) is 4.79 Å². The molecule has 0 spiro atoms. The summed E-state index contributed by atoms with van der Waals surface area (Å²) in [4.78, 5) is 12.7. The van der Waals surface area contributed by atoms with Gasteiger partial charge in [-0.2, -0.15) is 0 Å². The summed E-state index contributed by atoms with van der Waals surface area (Å²) in [6.45, 7) is -0.0410. The Hall–Kier alpha value is -0.770.